The molecule has 0 atom stereocenters. The van der Waals surface area contributed by atoms with Gasteiger partial charge in [0.2, 0.25) is 0 Å². The maximum Gasteiger partial charge on any atom is 0.256 e. The van der Waals surface area contributed by atoms with Crippen molar-refractivity contribution in [1.82, 2.24) is 9.78 Å². The molecule has 1 N–H and O–H groups in total. The van der Waals surface area contributed by atoms with Crippen molar-refractivity contribution < 1.29 is 9.53 Å². The number of halogens is 1. The Bertz CT molecular complexity index is 1240. The summed E-state index contributed by atoms with van der Waals surface area (Å²) in [5.41, 5.74) is 4.73. The van der Waals surface area contributed by atoms with Gasteiger partial charge in [-0.25, -0.2) is 0 Å². The van der Waals surface area contributed by atoms with Crippen LogP contribution >= 0.6 is 11.6 Å². The van der Waals surface area contributed by atoms with Crippen molar-refractivity contribution in [2.75, 3.05) is 5.32 Å². The minimum Gasteiger partial charge on any atom is -0.489 e. The van der Waals surface area contributed by atoms with E-state index in [1.54, 1.807) is 16.9 Å². The quantitative estimate of drug-likeness (QED) is 0.377. The monoisotopic (exact) mass is 445 g/mol. The van der Waals surface area contributed by atoms with Crippen molar-refractivity contribution in [2.45, 2.75) is 27.0 Å². The standard InChI is InChI=1S/C26H24ClN3O2/c1-18-11-12-19(2)24(13-18)32-17-21-9-6-10-22(14-21)26(31)28-25-23(27)16-30(29-25)15-20-7-4-3-5-8-20/h3-14,16H,15,17H2,1-2H3,(H,28,29,31). The zero-order valence-corrected chi connectivity index (χ0v) is 18.8. The third kappa shape index (κ3) is 5.37. The molecule has 5 nitrogen and oxygen atoms in total. The Morgan fingerprint density at radius 2 is 1.78 bits per heavy atom. The topological polar surface area (TPSA) is 56.1 Å². The molecule has 0 aliphatic heterocycles. The summed E-state index contributed by atoms with van der Waals surface area (Å²) >= 11 is 6.30. The van der Waals surface area contributed by atoms with Crippen molar-refractivity contribution in [2.24, 2.45) is 0 Å². The van der Waals surface area contributed by atoms with E-state index < -0.39 is 0 Å². The molecule has 0 saturated carbocycles. The van der Waals surface area contributed by atoms with Gasteiger partial charge in [0.05, 0.1) is 6.54 Å². The number of amides is 1. The van der Waals surface area contributed by atoms with Crippen molar-refractivity contribution in [3.05, 3.63) is 112 Å². The Hall–Kier alpha value is -3.57. The number of hydrogen-bond donors (Lipinski definition) is 1. The van der Waals surface area contributed by atoms with Crippen LogP contribution in [-0.4, -0.2) is 15.7 Å². The van der Waals surface area contributed by atoms with Crippen molar-refractivity contribution >= 4 is 23.3 Å². The fourth-order valence-corrected chi connectivity index (χ4v) is 3.54. The predicted octanol–water partition coefficient (Wildman–Crippen LogP) is 6.03. The molecule has 1 amide bonds. The second kappa shape index (κ2) is 9.71. The summed E-state index contributed by atoms with van der Waals surface area (Å²) in [6.45, 7) is 4.99. The van der Waals surface area contributed by atoms with E-state index in [-0.39, 0.29) is 5.91 Å². The lowest BCUT2D eigenvalue weighted by Crippen LogP contribution is -2.13. The Morgan fingerprint density at radius 3 is 2.59 bits per heavy atom. The highest BCUT2D eigenvalue weighted by Crippen LogP contribution is 2.22. The molecule has 6 heteroatoms. The van der Waals surface area contributed by atoms with Gasteiger partial charge in [-0.1, -0.05) is 66.2 Å². The summed E-state index contributed by atoms with van der Waals surface area (Å²) in [6.07, 6.45) is 1.71. The minimum absolute atomic E-state index is 0.273. The van der Waals surface area contributed by atoms with E-state index in [9.17, 15) is 4.79 Å². The van der Waals surface area contributed by atoms with E-state index >= 15 is 0 Å². The van der Waals surface area contributed by atoms with Crippen LogP contribution in [0.5, 0.6) is 5.75 Å². The van der Waals surface area contributed by atoms with Gasteiger partial charge in [0, 0.05) is 11.8 Å². The van der Waals surface area contributed by atoms with Crippen LogP contribution in [0.4, 0.5) is 5.82 Å². The number of ether oxygens (including phenoxy) is 1. The van der Waals surface area contributed by atoms with Gasteiger partial charge < -0.3 is 10.1 Å². The third-order valence-corrected chi connectivity index (χ3v) is 5.34. The Kier molecular flexibility index (Phi) is 6.57. The van der Waals surface area contributed by atoms with E-state index in [0.29, 0.717) is 29.6 Å². The van der Waals surface area contributed by atoms with E-state index in [2.05, 4.69) is 16.5 Å². The second-order valence-electron chi connectivity index (χ2n) is 7.72. The summed E-state index contributed by atoms with van der Waals surface area (Å²) < 4.78 is 7.68. The normalized spacial score (nSPS) is 10.7. The molecule has 0 aliphatic rings. The smallest absolute Gasteiger partial charge is 0.256 e. The predicted molar refractivity (Wildman–Crippen MR) is 127 cm³/mol. The fourth-order valence-electron chi connectivity index (χ4n) is 3.34. The summed E-state index contributed by atoms with van der Waals surface area (Å²) in [6, 6.07) is 23.4. The van der Waals surface area contributed by atoms with E-state index in [0.717, 1.165) is 28.0 Å². The number of hydrogen-bond acceptors (Lipinski definition) is 3. The zero-order chi connectivity index (χ0) is 22.5. The molecule has 0 unspecified atom stereocenters. The molecule has 32 heavy (non-hydrogen) atoms. The number of carbonyl (C=O) groups excluding carboxylic acids is 1. The number of nitrogens with one attached hydrogen (secondary N) is 1. The molecule has 0 saturated heterocycles. The summed E-state index contributed by atoms with van der Waals surface area (Å²) in [5.74, 6) is 0.908. The van der Waals surface area contributed by atoms with Crippen molar-refractivity contribution in [1.29, 1.82) is 0 Å². The van der Waals surface area contributed by atoms with Gasteiger partial charge in [0.1, 0.15) is 17.4 Å². The Balaban J connectivity index is 1.42. The summed E-state index contributed by atoms with van der Waals surface area (Å²) in [5, 5.41) is 7.61. The average molecular weight is 446 g/mol. The molecule has 4 aromatic rings. The largest absolute Gasteiger partial charge is 0.489 e. The summed E-state index contributed by atoms with van der Waals surface area (Å²) in [4.78, 5) is 12.8. The van der Waals surface area contributed by atoms with Crippen molar-refractivity contribution in [3.63, 3.8) is 0 Å². The molecule has 0 fully saturated rings. The molecule has 4 rings (SSSR count). The summed E-state index contributed by atoms with van der Waals surface area (Å²) in [7, 11) is 0. The number of aromatic nitrogens is 2. The number of nitrogens with zero attached hydrogens (tertiary/aromatic N) is 2. The van der Waals surface area contributed by atoms with Gasteiger partial charge in [0.15, 0.2) is 5.82 Å². The molecule has 3 aromatic carbocycles. The highest BCUT2D eigenvalue weighted by Gasteiger charge is 2.13. The van der Waals surface area contributed by atoms with E-state index in [1.165, 1.54) is 0 Å². The minimum atomic E-state index is -0.273. The maximum atomic E-state index is 12.8. The molecule has 1 aromatic heterocycles. The van der Waals surface area contributed by atoms with Crippen LogP contribution in [0.2, 0.25) is 5.02 Å². The SMILES string of the molecule is Cc1ccc(C)c(OCc2cccc(C(=O)Nc3nn(Cc4ccccc4)cc3Cl)c2)c1. The van der Waals surface area contributed by atoms with E-state index in [4.69, 9.17) is 16.3 Å². The van der Waals surface area contributed by atoms with Crippen LogP contribution in [0.15, 0.2) is 79.0 Å². The van der Waals surface area contributed by atoms with Crippen LogP contribution in [-0.2, 0) is 13.2 Å². The van der Waals surface area contributed by atoms with Gasteiger partial charge in [0.25, 0.3) is 5.91 Å². The molecule has 0 radical (unpaired) electrons. The highest BCUT2D eigenvalue weighted by atomic mass is 35.5. The third-order valence-electron chi connectivity index (χ3n) is 5.06. The number of anilines is 1. The highest BCUT2D eigenvalue weighted by molar-refractivity contribution is 6.33. The maximum absolute atomic E-state index is 12.8. The lowest BCUT2D eigenvalue weighted by molar-refractivity contribution is 0.102. The molecule has 0 spiro atoms. The van der Waals surface area contributed by atoms with Gasteiger partial charge in [-0.05, 0) is 54.3 Å². The molecule has 162 valence electrons. The number of aryl methyl sites for hydroxylation is 2. The van der Waals surface area contributed by atoms with Gasteiger partial charge in [-0.3, -0.25) is 9.48 Å². The lowest BCUT2D eigenvalue weighted by atomic mass is 10.1. The van der Waals surface area contributed by atoms with Crippen LogP contribution in [0.25, 0.3) is 0 Å². The van der Waals surface area contributed by atoms with Crippen LogP contribution in [0.3, 0.4) is 0 Å². The fraction of sp³-hybridized carbons (Fsp3) is 0.154. The van der Waals surface area contributed by atoms with E-state index in [1.807, 2.05) is 74.5 Å². The lowest BCUT2D eigenvalue weighted by Gasteiger charge is -2.11. The Morgan fingerprint density at radius 1 is 1.00 bits per heavy atom. The number of benzene rings is 3. The first-order valence-corrected chi connectivity index (χ1v) is 10.7. The molecule has 0 bridgehead atoms. The first-order chi connectivity index (χ1) is 15.5. The van der Waals surface area contributed by atoms with Crippen LogP contribution in [0, 0.1) is 13.8 Å². The van der Waals surface area contributed by atoms with Crippen LogP contribution in [0.1, 0.15) is 32.6 Å². The van der Waals surface area contributed by atoms with Gasteiger partial charge >= 0.3 is 0 Å². The molecule has 0 aliphatic carbocycles. The molecular formula is C26H24ClN3O2. The zero-order valence-electron chi connectivity index (χ0n) is 18.0. The first kappa shape index (κ1) is 21.7. The van der Waals surface area contributed by atoms with Crippen molar-refractivity contribution in [3.8, 4) is 5.75 Å². The second-order valence-corrected chi connectivity index (χ2v) is 8.13. The van der Waals surface area contributed by atoms with Crippen LogP contribution < -0.4 is 10.1 Å². The van der Waals surface area contributed by atoms with Gasteiger partial charge in [-0.2, -0.15) is 5.10 Å². The van der Waals surface area contributed by atoms with Gasteiger partial charge in [-0.15, -0.1) is 0 Å². The number of rotatable bonds is 7. The number of carbonyl (C=O) groups is 1. The molecular weight excluding hydrogens is 422 g/mol. The Labute approximate surface area is 192 Å². The average Bonchev–Trinajstić information content (AvgIpc) is 3.13. The molecule has 1 heterocycles. The first-order valence-electron chi connectivity index (χ1n) is 10.3.